The summed E-state index contributed by atoms with van der Waals surface area (Å²) in [5.41, 5.74) is 0. The van der Waals surface area contributed by atoms with Crippen molar-refractivity contribution in [2.75, 3.05) is 26.3 Å². The molecule has 0 radical (unpaired) electrons. The molecule has 4 unspecified atom stereocenters. The lowest BCUT2D eigenvalue weighted by atomic mass is 9.83. The molecule has 4 nitrogen and oxygen atoms in total. The van der Waals surface area contributed by atoms with E-state index in [9.17, 15) is 0 Å². The molecule has 0 aromatic carbocycles. The van der Waals surface area contributed by atoms with Gasteiger partial charge in [0.05, 0.1) is 13.2 Å². The van der Waals surface area contributed by atoms with Gasteiger partial charge in [-0.1, -0.05) is 6.92 Å². The third kappa shape index (κ3) is 2.65. The molecule has 2 bridgehead atoms. The maximum atomic E-state index is 6.03. The van der Waals surface area contributed by atoms with Crippen LogP contribution in [0.15, 0.2) is 0 Å². The quantitative estimate of drug-likeness (QED) is 0.861. The van der Waals surface area contributed by atoms with Crippen molar-refractivity contribution in [1.29, 1.82) is 0 Å². The van der Waals surface area contributed by atoms with Gasteiger partial charge in [0.1, 0.15) is 0 Å². The number of likely N-dealkylation sites (tertiary alicyclic amines) is 1. The first-order chi connectivity index (χ1) is 10.3. The molecular weight excluding hydrogens is 264 g/mol. The number of rotatable bonds is 4. The predicted octanol–water partition coefficient (Wildman–Crippen LogP) is 2.13. The molecule has 2 saturated carbocycles. The number of nitrogens with one attached hydrogen (secondary N) is 1. The van der Waals surface area contributed by atoms with Gasteiger partial charge in [-0.15, -0.1) is 0 Å². The van der Waals surface area contributed by atoms with Crippen molar-refractivity contribution in [3.8, 4) is 0 Å². The molecule has 4 aliphatic rings. The van der Waals surface area contributed by atoms with Crippen LogP contribution in [0.25, 0.3) is 0 Å². The van der Waals surface area contributed by atoms with Crippen molar-refractivity contribution in [1.82, 2.24) is 10.2 Å². The Bertz CT molecular complexity index is 370. The average Bonchev–Trinajstić information content (AvgIpc) is 3.23. The lowest BCUT2D eigenvalue weighted by molar-refractivity contribution is -0.194. The maximum absolute atomic E-state index is 6.03. The molecule has 0 amide bonds. The largest absolute Gasteiger partial charge is 0.347 e. The van der Waals surface area contributed by atoms with Crippen LogP contribution >= 0.6 is 0 Å². The summed E-state index contributed by atoms with van der Waals surface area (Å²) in [5, 5.41) is 3.81. The molecule has 0 aromatic rings. The number of fused-ring (bicyclic) bond motifs is 2. The molecule has 2 aliphatic heterocycles. The lowest BCUT2D eigenvalue weighted by Gasteiger charge is -2.47. The molecule has 4 rings (SSSR count). The van der Waals surface area contributed by atoms with Gasteiger partial charge in [0.15, 0.2) is 5.79 Å². The molecule has 2 aliphatic carbocycles. The summed E-state index contributed by atoms with van der Waals surface area (Å²) < 4.78 is 12.1. The van der Waals surface area contributed by atoms with Gasteiger partial charge >= 0.3 is 0 Å². The second kappa shape index (κ2) is 5.80. The first-order valence-corrected chi connectivity index (χ1v) is 9.07. The smallest absolute Gasteiger partial charge is 0.170 e. The highest BCUT2D eigenvalue weighted by Gasteiger charge is 2.50. The Kier molecular flexibility index (Phi) is 3.99. The highest BCUT2D eigenvalue weighted by Crippen LogP contribution is 2.44. The summed E-state index contributed by atoms with van der Waals surface area (Å²) in [5.74, 6) is 0.710. The van der Waals surface area contributed by atoms with E-state index in [0.717, 1.165) is 44.6 Å². The van der Waals surface area contributed by atoms with E-state index < -0.39 is 0 Å². The fraction of sp³-hybridized carbons (Fsp3) is 1.00. The number of piperidine rings is 1. The lowest BCUT2D eigenvalue weighted by Crippen LogP contribution is -2.59. The van der Waals surface area contributed by atoms with Crippen LogP contribution in [0.1, 0.15) is 51.9 Å². The van der Waals surface area contributed by atoms with Gasteiger partial charge in [-0.2, -0.15) is 0 Å². The minimum absolute atomic E-state index is 0.253. The zero-order chi connectivity index (χ0) is 14.3. The van der Waals surface area contributed by atoms with Crippen LogP contribution in [0.5, 0.6) is 0 Å². The Morgan fingerprint density at radius 3 is 2.71 bits per heavy atom. The molecule has 21 heavy (non-hydrogen) atoms. The monoisotopic (exact) mass is 294 g/mol. The Balaban J connectivity index is 1.49. The highest BCUT2D eigenvalue weighted by molar-refractivity contribution is 5.03. The maximum Gasteiger partial charge on any atom is 0.170 e. The van der Waals surface area contributed by atoms with Crippen molar-refractivity contribution >= 4 is 0 Å². The normalized spacial score (nSPS) is 42.1. The molecule has 2 heterocycles. The molecule has 1 spiro atoms. The molecule has 4 atom stereocenters. The molecule has 0 aromatic heterocycles. The zero-order valence-electron chi connectivity index (χ0n) is 13.4. The highest BCUT2D eigenvalue weighted by atomic mass is 16.7. The van der Waals surface area contributed by atoms with E-state index in [0.29, 0.717) is 12.1 Å². The first kappa shape index (κ1) is 14.4. The minimum Gasteiger partial charge on any atom is -0.347 e. The van der Waals surface area contributed by atoms with Crippen molar-refractivity contribution in [2.24, 2.45) is 5.92 Å². The summed E-state index contributed by atoms with van der Waals surface area (Å²) in [4.78, 5) is 2.81. The van der Waals surface area contributed by atoms with Crippen LogP contribution in [0.4, 0.5) is 0 Å². The SMILES string of the molecule is CCCNC1CCC2(CC1N1CC3CCC1C3)OCCO2. The summed E-state index contributed by atoms with van der Waals surface area (Å²) in [6.07, 6.45) is 8.84. The van der Waals surface area contributed by atoms with Gasteiger partial charge in [-0.05, 0) is 44.6 Å². The first-order valence-electron chi connectivity index (χ1n) is 9.07. The fourth-order valence-electron chi connectivity index (χ4n) is 5.18. The Morgan fingerprint density at radius 1 is 1.19 bits per heavy atom. The second-order valence-corrected chi connectivity index (χ2v) is 7.51. The summed E-state index contributed by atoms with van der Waals surface area (Å²) in [6.45, 7) is 6.28. The van der Waals surface area contributed by atoms with Crippen LogP contribution in [0, 0.1) is 5.92 Å². The number of hydrogen-bond acceptors (Lipinski definition) is 4. The van der Waals surface area contributed by atoms with E-state index in [1.165, 1.54) is 38.6 Å². The van der Waals surface area contributed by atoms with Gasteiger partial charge in [-0.3, -0.25) is 4.90 Å². The third-order valence-electron chi connectivity index (χ3n) is 6.17. The van der Waals surface area contributed by atoms with Crippen LogP contribution in [0.3, 0.4) is 0 Å². The van der Waals surface area contributed by atoms with Gasteiger partial charge < -0.3 is 14.8 Å². The zero-order valence-corrected chi connectivity index (χ0v) is 13.4. The Morgan fingerprint density at radius 2 is 2.05 bits per heavy atom. The molecule has 2 saturated heterocycles. The van der Waals surface area contributed by atoms with Crippen molar-refractivity contribution in [2.45, 2.75) is 75.8 Å². The van der Waals surface area contributed by atoms with Gasteiger partial charge in [0.2, 0.25) is 0 Å². The van der Waals surface area contributed by atoms with E-state index in [2.05, 4.69) is 17.1 Å². The molecular formula is C17H30N2O2. The average molecular weight is 294 g/mol. The van der Waals surface area contributed by atoms with Crippen LogP contribution < -0.4 is 5.32 Å². The van der Waals surface area contributed by atoms with Gasteiger partial charge in [-0.25, -0.2) is 0 Å². The third-order valence-corrected chi connectivity index (χ3v) is 6.17. The fourth-order valence-corrected chi connectivity index (χ4v) is 5.18. The van der Waals surface area contributed by atoms with E-state index in [1.54, 1.807) is 0 Å². The van der Waals surface area contributed by atoms with E-state index >= 15 is 0 Å². The van der Waals surface area contributed by atoms with Crippen LogP contribution in [0.2, 0.25) is 0 Å². The second-order valence-electron chi connectivity index (χ2n) is 7.51. The van der Waals surface area contributed by atoms with Gasteiger partial charge in [0.25, 0.3) is 0 Å². The summed E-state index contributed by atoms with van der Waals surface area (Å²) in [6, 6.07) is 2.07. The van der Waals surface area contributed by atoms with Crippen molar-refractivity contribution < 1.29 is 9.47 Å². The minimum atomic E-state index is -0.253. The van der Waals surface area contributed by atoms with Crippen molar-refractivity contribution in [3.63, 3.8) is 0 Å². The van der Waals surface area contributed by atoms with Crippen LogP contribution in [-0.2, 0) is 9.47 Å². The summed E-state index contributed by atoms with van der Waals surface area (Å²) >= 11 is 0. The van der Waals surface area contributed by atoms with Gasteiger partial charge in [0, 0.05) is 37.5 Å². The van der Waals surface area contributed by atoms with E-state index in [4.69, 9.17) is 9.47 Å². The molecule has 120 valence electrons. The Labute approximate surface area is 128 Å². The predicted molar refractivity (Wildman–Crippen MR) is 82.2 cm³/mol. The number of hydrogen-bond donors (Lipinski definition) is 1. The standard InChI is InChI=1S/C17H30N2O2/c1-2-7-18-15-5-6-17(20-8-9-21-17)11-16(15)19-12-13-3-4-14(19)10-13/h13-16,18H,2-12H2,1H3. The van der Waals surface area contributed by atoms with E-state index in [-0.39, 0.29) is 5.79 Å². The number of ether oxygens (including phenoxy) is 2. The van der Waals surface area contributed by atoms with E-state index in [1.807, 2.05) is 0 Å². The van der Waals surface area contributed by atoms with Crippen LogP contribution in [-0.4, -0.2) is 55.1 Å². The number of nitrogens with zero attached hydrogens (tertiary/aromatic N) is 1. The van der Waals surface area contributed by atoms with Crippen molar-refractivity contribution in [3.05, 3.63) is 0 Å². The molecule has 4 heteroatoms. The molecule has 4 fully saturated rings. The molecule has 1 N–H and O–H groups in total. The Hall–Kier alpha value is -0.160. The summed E-state index contributed by atoms with van der Waals surface area (Å²) in [7, 11) is 0. The topological polar surface area (TPSA) is 33.7 Å².